The number of ether oxygens (including phenoxy) is 1. The number of hydrogen-bond acceptors (Lipinski definition) is 3. The van der Waals surface area contributed by atoms with Gasteiger partial charge in [-0.05, 0) is 5.92 Å². The van der Waals surface area contributed by atoms with Gasteiger partial charge in [0.15, 0.2) is 0 Å². The minimum Gasteiger partial charge on any atom is -0.379 e. The van der Waals surface area contributed by atoms with Crippen LogP contribution in [-0.2, 0) is 14.3 Å². The Kier molecular flexibility index (Phi) is 7.79. The van der Waals surface area contributed by atoms with Crippen molar-refractivity contribution in [1.82, 2.24) is 4.90 Å². The van der Waals surface area contributed by atoms with Gasteiger partial charge >= 0.3 is 0 Å². The Bertz CT molecular complexity index is 243. The molecule has 0 saturated heterocycles. The molecular weight excluding hydrogens is 218 g/mol. The third-order valence-electron chi connectivity index (χ3n) is 3.38. The van der Waals surface area contributed by atoms with Gasteiger partial charge in [0.25, 0.3) is 0 Å². The van der Waals surface area contributed by atoms with Crippen molar-refractivity contribution in [3.63, 3.8) is 0 Å². The summed E-state index contributed by atoms with van der Waals surface area (Å²) < 4.78 is 5.37. The predicted molar refractivity (Wildman–Crippen MR) is 67.8 cm³/mol. The molecule has 0 aromatic carbocycles. The summed E-state index contributed by atoms with van der Waals surface area (Å²) in [6, 6.07) is -0.0392. The molecule has 4 heteroatoms. The molecule has 0 rings (SSSR count). The lowest BCUT2D eigenvalue weighted by Crippen LogP contribution is -2.49. The number of rotatable bonds is 8. The van der Waals surface area contributed by atoms with Gasteiger partial charge in [-0.15, -0.1) is 0 Å². The molecule has 0 spiro atoms. The van der Waals surface area contributed by atoms with Gasteiger partial charge in [0, 0.05) is 27.0 Å². The van der Waals surface area contributed by atoms with E-state index in [4.69, 9.17) is 4.74 Å². The van der Waals surface area contributed by atoms with Crippen molar-refractivity contribution in [2.75, 3.05) is 14.2 Å². The average Bonchev–Trinajstić information content (AvgIpc) is 2.36. The lowest BCUT2D eigenvalue weighted by Gasteiger charge is -2.37. The maximum atomic E-state index is 11.8. The van der Waals surface area contributed by atoms with Crippen molar-refractivity contribution in [3.8, 4) is 0 Å². The topological polar surface area (TPSA) is 46.6 Å². The molecule has 0 aliphatic rings. The molecule has 0 saturated carbocycles. The Balaban J connectivity index is 4.95. The van der Waals surface area contributed by atoms with E-state index in [2.05, 4.69) is 13.8 Å². The van der Waals surface area contributed by atoms with E-state index in [9.17, 15) is 9.59 Å². The summed E-state index contributed by atoms with van der Waals surface area (Å²) in [6.45, 7) is 6.00. The Morgan fingerprint density at radius 2 is 2.00 bits per heavy atom. The Morgan fingerprint density at radius 3 is 2.35 bits per heavy atom. The smallest absolute Gasteiger partial charge is 0.222 e. The fourth-order valence-electron chi connectivity index (χ4n) is 2.12. The minimum absolute atomic E-state index is 0.0392. The number of aldehydes is 1. The molecule has 3 atom stereocenters. The van der Waals surface area contributed by atoms with E-state index in [0.717, 1.165) is 12.7 Å². The zero-order chi connectivity index (χ0) is 13.4. The van der Waals surface area contributed by atoms with Crippen molar-refractivity contribution in [1.29, 1.82) is 0 Å². The van der Waals surface area contributed by atoms with Crippen LogP contribution >= 0.6 is 0 Å². The largest absolute Gasteiger partial charge is 0.379 e. The van der Waals surface area contributed by atoms with Crippen molar-refractivity contribution in [2.24, 2.45) is 5.92 Å². The van der Waals surface area contributed by atoms with Crippen LogP contribution in [0.1, 0.15) is 40.0 Å². The second-order valence-electron chi connectivity index (χ2n) is 4.41. The van der Waals surface area contributed by atoms with Crippen LogP contribution in [0.5, 0.6) is 0 Å². The van der Waals surface area contributed by atoms with Crippen molar-refractivity contribution < 1.29 is 14.3 Å². The maximum absolute atomic E-state index is 11.8. The molecule has 0 aromatic rings. The van der Waals surface area contributed by atoms with Crippen LogP contribution in [0, 0.1) is 5.92 Å². The van der Waals surface area contributed by atoms with Gasteiger partial charge in [-0.25, -0.2) is 0 Å². The Labute approximate surface area is 104 Å². The number of hydrogen-bond donors (Lipinski definition) is 0. The molecule has 0 radical (unpaired) electrons. The van der Waals surface area contributed by atoms with Crippen LogP contribution in [0.15, 0.2) is 0 Å². The first-order chi connectivity index (χ1) is 8.03. The number of methoxy groups -OCH3 is 1. The number of likely N-dealkylation sites (N-methyl/N-ethyl adjacent to an activating group) is 1. The number of amides is 1. The molecule has 0 N–H and O–H groups in total. The molecule has 17 heavy (non-hydrogen) atoms. The van der Waals surface area contributed by atoms with Crippen LogP contribution in [0.25, 0.3) is 0 Å². The summed E-state index contributed by atoms with van der Waals surface area (Å²) in [4.78, 5) is 24.2. The summed E-state index contributed by atoms with van der Waals surface area (Å²) in [5.41, 5.74) is 0. The molecule has 0 bridgehead atoms. The SMILES string of the molecule is CCC(=O)N(C)C(C(C)CC)C(CC=O)OC. The van der Waals surface area contributed by atoms with E-state index in [0.29, 0.717) is 18.8 Å². The first-order valence-electron chi connectivity index (χ1n) is 6.25. The normalized spacial score (nSPS) is 16.1. The van der Waals surface area contributed by atoms with Crippen LogP contribution < -0.4 is 0 Å². The maximum Gasteiger partial charge on any atom is 0.222 e. The number of carbonyl (C=O) groups excluding carboxylic acids is 2. The molecule has 0 aromatic heterocycles. The molecule has 0 fully saturated rings. The highest BCUT2D eigenvalue weighted by molar-refractivity contribution is 5.76. The second-order valence-corrected chi connectivity index (χ2v) is 4.41. The van der Waals surface area contributed by atoms with E-state index < -0.39 is 0 Å². The first-order valence-corrected chi connectivity index (χ1v) is 6.25. The van der Waals surface area contributed by atoms with E-state index in [1.54, 1.807) is 19.1 Å². The third kappa shape index (κ3) is 4.46. The van der Waals surface area contributed by atoms with Gasteiger partial charge in [0.05, 0.1) is 12.1 Å². The summed E-state index contributed by atoms with van der Waals surface area (Å²) in [5.74, 6) is 0.392. The van der Waals surface area contributed by atoms with E-state index >= 15 is 0 Å². The monoisotopic (exact) mass is 243 g/mol. The Morgan fingerprint density at radius 1 is 1.41 bits per heavy atom. The molecular formula is C13H25NO3. The average molecular weight is 243 g/mol. The highest BCUT2D eigenvalue weighted by Gasteiger charge is 2.31. The molecule has 4 nitrogen and oxygen atoms in total. The zero-order valence-corrected chi connectivity index (χ0v) is 11.6. The van der Waals surface area contributed by atoms with Crippen molar-refractivity contribution in [2.45, 2.75) is 52.2 Å². The van der Waals surface area contributed by atoms with Crippen LogP contribution in [0.3, 0.4) is 0 Å². The highest BCUT2D eigenvalue weighted by Crippen LogP contribution is 2.21. The molecule has 0 aliphatic heterocycles. The third-order valence-corrected chi connectivity index (χ3v) is 3.38. The van der Waals surface area contributed by atoms with Gasteiger partial charge in [0.1, 0.15) is 6.29 Å². The molecule has 1 amide bonds. The number of nitrogens with zero attached hydrogens (tertiary/aromatic N) is 1. The lowest BCUT2D eigenvalue weighted by molar-refractivity contribution is -0.137. The summed E-state index contributed by atoms with van der Waals surface area (Å²) in [7, 11) is 3.38. The second kappa shape index (κ2) is 8.23. The molecule has 100 valence electrons. The molecule has 3 unspecified atom stereocenters. The fourth-order valence-corrected chi connectivity index (χ4v) is 2.12. The van der Waals surface area contributed by atoms with Gasteiger partial charge in [0.2, 0.25) is 5.91 Å². The summed E-state index contributed by atoms with van der Waals surface area (Å²) in [6.07, 6.45) is 2.38. The van der Waals surface area contributed by atoms with Gasteiger partial charge in [-0.1, -0.05) is 27.2 Å². The molecule has 0 heterocycles. The van der Waals surface area contributed by atoms with Gasteiger partial charge in [-0.2, -0.15) is 0 Å². The van der Waals surface area contributed by atoms with Crippen LogP contribution in [0.2, 0.25) is 0 Å². The van der Waals surface area contributed by atoms with Crippen molar-refractivity contribution >= 4 is 12.2 Å². The first kappa shape index (κ1) is 16.1. The minimum atomic E-state index is -0.219. The van der Waals surface area contributed by atoms with Crippen molar-refractivity contribution in [3.05, 3.63) is 0 Å². The quantitative estimate of drug-likeness (QED) is 0.611. The van der Waals surface area contributed by atoms with E-state index in [-0.39, 0.29) is 18.1 Å². The molecule has 0 aliphatic carbocycles. The predicted octanol–water partition coefficient (Wildman–Crippen LogP) is 1.87. The van der Waals surface area contributed by atoms with Gasteiger partial charge < -0.3 is 14.4 Å². The van der Waals surface area contributed by atoms with E-state index in [1.165, 1.54) is 0 Å². The highest BCUT2D eigenvalue weighted by atomic mass is 16.5. The van der Waals surface area contributed by atoms with E-state index in [1.807, 2.05) is 6.92 Å². The van der Waals surface area contributed by atoms with Crippen LogP contribution in [-0.4, -0.2) is 43.4 Å². The Hall–Kier alpha value is -0.900. The lowest BCUT2D eigenvalue weighted by atomic mass is 9.91. The zero-order valence-electron chi connectivity index (χ0n) is 11.6. The van der Waals surface area contributed by atoms with Crippen LogP contribution in [0.4, 0.5) is 0 Å². The number of carbonyl (C=O) groups is 2. The summed E-state index contributed by atoms with van der Waals surface area (Å²) >= 11 is 0. The fraction of sp³-hybridized carbons (Fsp3) is 0.846. The summed E-state index contributed by atoms with van der Waals surface area (Å²) in [5, 5.41) is 0. The van der Waals surface area contributed by atoms with Gasteiger partial charge in [-0.3, -0.25) is 4.79 Å². The standard InChI is InChI=1S/C13H25NO3/c1-6-10(3)13(11(17-5)8-9-15)14(4)12(16)7-2/h9-11,13H,6-8H2,1-5H3.